The summed E-state index contributed by atoms with van der Waals surface area (Å²) < 4.78 is 20.3. The lowest BCUT2D eigenvalue weighted by Gasteiger charge is -2.49. The SMILES string of the molecule is CC=C(C(=O)OC1Cc2c3c(c4oc(CO)cc(=O)c4c2O)C(C2=CCNC(N)=C2)C(CO)(c2cccc(O)c2)C#CCC(CC2=CNC(N)C=C2)C1(C)O3)C1CCCC1. The molecule has 314 valence electrons. The lowest BCUT2D eigenvalue weighted by atomic mass is 9.63. The minimum absolute atomic E-state index is 0.0549. The number of rotatable bonds is 9. The van der Waals surface area contributed by atoms with Crippen LogP contribution >= 0.6 is 0 Å². The second-order valence-corrected chi connectivity index (χ2v) is 16.6. The lowest BCUT2D eigenvalue weighted by molar-refractivity contribution is -0.165. The van der Waals surface area contributed by atoms with Crippen molar-refractivity contribution in [2.75, 3.05) is 13.2 Å². The maximum absolute atomic E-state index is 14.3. The quantitative estimate of drug-likeness (QED) is 0.0847. The zero-order valence-electron chi connectivity index (χ0n) is 33.8. The molecule has 0 amide bonds. The number of phenolic OH excluding ortho intramolecular Hbond substituents is 2. The molecule has 4 aliphatic heterocycles. The van der Waals surface area contributed by atoms with Crippen molar-refractivity contribution in [2.24, 2.45) is 23.3 Å². The Balaban J connectivity index is 1.46. The van der Waals surface area contributed by atoms with E-state index in [0.29, 0.717) is 35.5 Å². The molecule has 13 nitrogen and oxygen atoms in total. The number of hydrogen-bond donors (Lipinski definition) is 8. The molecule has 13 heteroatoms. The number of phenols is 2. The van der Waals surface area contributed by atoms with Gasteiger partial charge in [0.05, 0.1) is 24.0 Å². The fourth-order valence-corrected chi connectivity index (χ4v) is 9.81. The highest BCUT2D eigenvalue weighted by Crippen LogP contribution is 2.57. The summed E-state index contributed by atoms with van der Waals surface area (Å²) in [5.41, 5.74) is 12.0. The van der Waals surface area contributed by atoms with Gasteiger partial charge in [0.2, 0.25) is 0 Å². The van der Waals surface area contributed by atoms with Gasteiger partial charge in [-0.25, -0.2) is 4.79 Å². The van der Waals surface area contributed by atoms with Gasteiger partial charge in [0.15, 0.2) is 5.43 Å². The molecule has 6 atom stereocenters. The molecule has 0 saturated heterocycles. The van der Waals surface area contributed by atoms with Crippen LogP contribution in [0.4, 0.5) is 0 Å². The first-order valence-electron chi connectivity index (χ1n) is 20.6. The van der Waals surface area contributed by atoms with E-state index in [0.717, 1.165) is 37.3 Å². The first-order chi connectivity index (χ1) is 28.9. The number of carbonyl (C=O) groups excluding carboxylic acids is 1. The summed E-state index contributed by atoms with van der Waals surface area (Å²) in [6.45, 7) is 2.82. The third kappa shape index (κ3) is 7.12. The smallest absolute Gasteiger partial charge is 0.334 e. The number of aromatic hydroxyl groups is 2. The van der Waals surface area contributed by atoms with Gasteiger partial charge in [0.1, 0.15) is 52.3 Å². The third-order valence-electron chi connectivity index (χ3n) is 13.0. The van der Waals surface area contributed by atoms with Crippen LogP contribution in [0, 0.1) is 23.7 Å². The number of nitrogens with two attached hydrogens (primary N) is 2. The summed E-state index contributed by atoms with van der Waals surface area (Å²) >= 11 is 0. The van der Waals surface area contributed by atoms with Gasteiger partial charge in [-0.3, -0.25) is 4.79 Å². The number of aliphatic hydroxyl groups is 2. The van der Waals surface area contributed by atoms with Gasteiger partial charge in [-0.2, -0.15) is 0 Å². The topological polar surface area (TPSA) is 223 Å². The van der Waals surface area contributed by atoms with Crippen molar-refractivity contribution in [2.45, 2.75) is 94.6 Å². The van der Waals surface area contributed by atoms with Crippen LogP contribution < -0.4 is 32.3 Å². The fraction of sp³-hybridized carbons (Fsp3) is 0.404. The molecular weight excluding hydrogens is 765 g/mol. The predicted molar refractivity (Wildman–Crippen MR) is 225 cm³/mol. The van der Waals surface area contributed by atoms with E-state index in [1.165, 1.54) is 12.1 Å². The van der Waals surface area contributed by atoms with Crippen LogP contribution in [0.3, 0.4) is 0 Å². The minimum Gasteiger partial charge on any atom is -0.508 e. The average Bonchev–Trinajstić information content (AvgIpc) is 3.77. The molecule has 1 aliphatic carbocycles. The van der Waals surface area contributed by atoms with Crippen LogP contribution in [0.15, 0.2) is 98.7 Å². The molecule has 3 aromatic rings. The Hall–Kier alpha value is -5.94. The van der Waals surface area contributed by atoms with E-state index in [4.69, 9.17) is 25.4 Å². The number of fused-ring (bicyclic) bond motifs is 3. The minimum atomic E-state index is -1.56. The highest BCUT2D eigenvalue weighted by atomic mass is 16.6. The number of esters is 1. The second kappa shape index (κ2) is 16.3. The van der Waals surface area contributed by atoms with Crippen LogP contribution in [-0.4, -0.2) is 57.4 Å². The maximum atomic E-state index is 14.3. The summed E-state index contributed by atoms with van der Waals surface area (Å²) in [5, 5.41) is 51.5. The van der Waals surface area contributed by atoms with Crippen LogP contribution in [0.5, 0.6) is 17.2 Å². The van der Waals surface area contributed by atoms with Crippen LogP contribution in [-0.2, 0) is 28.0 Å². The standard InChI is InChI=1S/C47H52N4O9/c1-3-33(27-8-4-5-9-27)45(57)59-36-22-34-42(56)39-35(55)21-32(24-52)58-44(39)40-41(28-15-17-50-38(49)19-28)47(25-53,30-10-6-12-31(54)20-30)16-7-11-29(46(36,2)60-43(34)40)18-26-13-14-37(48)51-23-26/h3,6,10,12-15,19-21,23,27,29,36-37,41,50-54,56H,4-5,8-9,11,17-18,22,24-25,48-49H2,1-2H3. The molecule has 2 aromatic carbocycles. The molecule has 8 rings (SSSR count). The summed E-state index contributed by atoms with van der Waals surface area (Å²) in [6.07, 6.45) is 14.0. The van der Waals surface area contributed by atoms with E-state index in [1.54, 1.807) is 18.2 Å². The van der Waals surface area contributed by atoms with Gasteiger partial charge in [-0.1, -0.05) is 49.1 Å². The number of aliphatic hydroxyl groups excluding tert-OH is 2. The van der Waals surface area contributed by atoms with Crippen molar-refractivity contribution in [3.63, 3.8) is 0 Å². The zero-order chi connectivity index (χ0) is 42.3. The number of allylic oxidation sites excluding steroid dienone is 5. The molecule has 0 spiro atoms. The summed E-state index contributed by atoms with van der Waals surface area (Å²) in [7, 11) is 0. The Bertz CT molecular complexity index is 2500. The molecule has 0 radical (unpaired) electrons. The van der Waals surface area contributed by atoms with Crippen molar-refractivity contribution in [3.8, 4) is 29.1 Å². The molecule has 1 saturated carbocycles. The average molecular weight is 817 g/mol. The molecule has 10 N–H and O–H groups in total. The number of benzene rings is 2. The van der Waals surface area contributed by atoms with Crippen LogP contribution in [0.25, 0.3) is 11.0 Å². The number of carbonyl (C=O) groups is 1. The van der Waals surface area contributed by atoms with Gasteiger partial charge in [-0.15, -0.1) is 5.92 Å². The molecule has 60 heavy (non-hydrogen) atoms. The molecule has 1 aromatic heterocycles. The first-order valence-corrected chi connectivity index (χ1v) is 20.6. The Kier molecular flexibility index (Phi) is 11.1. The zero-order valence-corrected chi connectivity index (χ0v) is 33.8. The molecular formula is C47H52N4O9. The van der Waals surface area contributed by atoms with Gasteiger partial charge >= 0.3 is 5.97 Å². The Morgan fingerprint density at radius 1 is 1.17 bits per heavy atom. The largest absolute Gasteiger partial charge is 0.508 e. The van der Waals surface area contributed by atoms with Gasteiger partial charge in [-0.05, 0) is 80.0 Å². The summed E-state index contributed by atoms with van der Waals surface area (Å²) in [4.78, 5) is 28.5. The van der Waals surface area contributed by atoms with E-state index in [2.05, 4.69) is 22.5 Å². The van der Waals surface area contributed by atoms with Gasteiger partial charge in [0, 0.05) is 60.2 Å². The number of nitrogens with one attached hydrogen (secondary N) is 2. The number of hydrogen-bond acceptors (Lipinski definition) is 13. The van der Waals surface area contributed by atoms with Crippen molar-refractivity contribution in [1.82, 2.24) is 10.6 Å². The Labute approximate surface area is 348 Å². The van der Waals surface area contributed by atoms with E-state index in [9.17, 15) is 30.0 Å². The summed E-state index contributed by atoms with van der Waals surface area (Å²) in [5.74, 6) is 4.92. The van der Waals surface area contributed by atoms with E-state index >= 15 is 0 Å². The van der Waals surface area contributed by atoms with E-state index in [-0.39, 0.29) is 64.3 Å². The number of dihydropyridines is 2. The predicted octanol–water partition coefficient (Wildman–Crippen LogP) is 4.52. The fourth-order valence-electron chi connectivity index (χ4n) is 9.81. The Morgan fingerprint density at radius 3 is 2.65 bits per heavy atom. The highest BCUT2D eigenvalue weighted by molar-refractivity contribution is 5.92. The normalized spacial score (nSPS) is 27.6. The maximum Gasteiger partial charge on any atom is 0.334 e. The Morgan fingerprint density at radius 2 is 1.97 bits per heavy atom. The van der Waals surface area contributed by atoms with Crippen LogP contribution in [0.1, 0.15) is 80.7 Å². The summed E-state index contributed by atoms with van der Waals surface area (Å²) in [6, 6.07) is 7.60. The molecule has 5 heterocycles. The molecule has 1 fully saturated rings. The van der Waals surface area contributed by atoms with E-state index < -0.39 is 59.3 Å². The molecule has 5 aliphatic rings. The third-order valence-corrected chi connectivity index (χ3v) is 13.0. The van der Waals surface area contributed by atoms with Crippen molar-refractivity contribution < 1.29 is 39.1 Å². The monoisotopic (exact) mass is 816 g/mol. The van der Waals surface area contributed by atoms with Crippen LogP contribution in [0.2, 0.25) is 0 Å². The molecule has 2 bridgehead atoms. The van der Waals surface area contributed by atoms with Gasteiger partial charge < -0.3 is 56.4 Å². The van der Waals surface area contributed by atoms with Crippen molar-refractivity contribution in [3.05, 3.63) is 122 Å². The van der Waals surface area contributed by atoms with Crippen molar-refractivity contribution in [1.29, 1.82) is 0 Å². The van der Waals surface area contributed by atoms with Crippen molar-refractivity contribution >= 4 is 16.9 Å². The second-order valence-electron chi connectivity index (χ2n) is 16.6. The van der Waals surface area contributed by atoms with E-state index in [1.807, 2.05) is 44.4 Å². The first kappa shape index (κ1) is 40.8. The number of ether oxygens (including phenoxy) is 2. The molecule has 6 unspecified atom stereocenters. The highest BCUT2D eigenvalue weighted by Gasteiger charge is 2.54. The van der Waals surface area contributed by atoms with Gasteiger partial charge in [0.25, 0.3) is 0 Å². The lowest BCUT2D eigenvalue weighted by Crippen LogP contribution is -2.57.